The minimum Gasteiger partial charge on any atom is -0.481 e. The Labute approximate surface area is 120 Å². The van der Waals surface area contributed by atoms with Crippen molar-refractivity contribution in [3.05, 3.63) is 29.8 Å². The molecule has 0 bridgehead atoms. The average Bonchev–Trinajstić information content (AvgIpc) is 2.45. The number of aryl methyl sites for hydroxylation is 1. The molecule has 0 radical (unpaired) electrons. The lowest BCUT2D eigenvalue weighted by atomic mass is 10.2. The minimum atomic E-state index is -0.596. The summed E-state index contributed by atoms with van der Waals surface area (Å²) in [5.74, 6) is 0.504. The fraction of sp³-hybridized carbons (Fsp3) is 0.533. The summed E-state index contributed by atoms with van der Waals surface area (Å²) in [6.45, 7) is 4.78. The molecular formula is C15H23NO4. The summed E-state index contributed by atoms with van der Waals surface area (Å²) in [6.07, 6.45) is -0.596. The van der Waals surface area contributed by atoms with Crippen molar-refractivity contribution in [3.63, 3.8) is 0 Å². The van der Waals surface area contributed by atoms with Crippen LogP contribution in [-0.4, -0.2) is 55.4 Å². The number of aliphatic hydroxyl groups excluding tert-OH is 1. The SMILES string of the molecule is COCCN(CCO)C(=O)C(C)Oc1ccc(C)cc1. The number of carbonyl (C=O) groups excluding carboxylic acids is 1. The van der Waals surface area contributed by atoms with Crippen LogP contribution < -0.4 is 4.74 Å². The monoisotopic (exact) mass is 281 g/mol. The maximum atomic E-state index is 12.2. The molecule has 0 saturated carbocycles. The number of carbonyl (C=O) groups is 1. The average molecular weight is 281 g/mol. The fourth-order valence-corrected chi connectivity index (χ4v) is 1.78. The molecule has 1 amide bonds. The molecule has 1 aromatic carbocycles. The first-order valence-corrected chi connectivity index (χ1v) is 6.70. The highest BCUT2D eigenvalue weighted by molar-refractivity contribution is 5.80. The van der Waals surface area contributed by atoms with Gasteiger partial charge < -0.3 is 19.5 Å². The molecule has 0 heterocycles. The van der Waals surface area contributed by atoms with Crippen LogP contribution in [0.4, 0.5) is 0 Å². The fourth-order valence-electron chi connectivity index (χ4n) is 1.78. The topological polar surface area (TPSA) is 59.0 Å². The van der Waals surface area contributed by atoms with Crippen LogP contribution in [0, 0.1) is 6.92 Å². The van der Waals surface area contributed by atoms with Crippen LogP contribution in [0.3, 0.4) is 0 Å². The van der Waals surface area contributed by atoms with Gasteiger partial charge in [-0.2, -0.15) is 0 Å². The number of aliphatic hydroxyl groups is 1. The molecule has 1 atom stereocenters. The van der Waals surface area contributed by atoms with Gasteiger partial charge in [0.1, 0.15) is 5.75 Å². The van der Waals surface area contributed by atoms with Gasteiger partial charge in [0.05, 0.1) is 13.2 Å². The van der Waals surface area contributed by atoms with Gasteiger partial charge in [0.2, 0.25) is 0 Å². The predicted octanol–water partition coefficient (Wildman–Crippen LogP) is 1.23. The van der Waals surface area contributed by atoms with Crippen molar-refractivity contribution in [2.45, 2.75) is 20.0 Å². The normalized spacial score (nSPS) is 12.0. The molecule has 112 valence electrons. The summed E-state index contributed by atoms with van der Waals surface area (Å²) in [5, 5.41) is 9.01. The Bertz CT molecular complexity index is 405. The Morgan fingerprint density at radius 3 is 2.50 bits per heavy atom. The van der Waals surface area contributed by atoms with Crippen LogP contribution in [-0.2, 0) is 9.53 Å². The maximum Gasteiger partial charge on any atom is 0.263 e. The quantitative estimate of drug-likeness (QED) is 0.778. The van der Waals surface area contributed by atoms with E-state index in [-0.39, 0.29) is 19.1 Å². The lowest BCUT2D eigenvalue weighted by molar-refractivity contribution is -0.139. The van der Waals surface area contributed by atoms with Gasteiger partial charge in [0.25, 0.3) is 5.91 Å². The summed E-state index contributed by atoms with van der Waals surface area (Å²) < 4.78 is 10.6. The molecule has 0 spiro atoms. The number of hydrogen-bond acceptors (Lipinski definition) is 4. The second kappa shape index (κ2) is 8.55. The highest BCUT2D eigenvalue weighted by Gasteiger charge is 2.21. The number of methoxy groups -OCH3 is 1. The summed E-state index contributed by atoms with van der Waals surface area (Å²) in [5.41, 5.74) is 1.14. The molecule has 1 aromatic rings. The molecule has 1 unspecified atom stereocenters. The van der Waals surface area contributed by atoms with E-state index in [1.165, 1.54) is 0 Å². The van der Waals surface area contributed by atoms with E-state index in [0.717, 1.165) is 5.56 Å². The van der Waals surface area contributed by atoms with Crippen LogP contribution in [0.25, 0.3) is 0 Å². The molecule has 5 nitrogen and oxygen atoms in total. The molecule has 0 fully saturated rings. The molecule has 0 aliphatic heterocycles. The first kappa shape index (κ1) is 16.5. The van der Waals surface area contributed by atoms with Crippen LogP contribution in [0.2, 0.25) is 0 Å². The van der Waals surface area contributed by atoms with Crippen molar-refractivity contribution < 1.29 is 19.4 Å². The Hall–Kier alpha value is -1.59. The zero-order chi connectivity index (χ0) is 15.0. The number of hydrogen-bond donors (Lipinski definition) is 1. The van der Waals surface area contributed by atoms with E-state index in [2.05, 4.69) is 0 Å². The van der Waals surface area contributed by atoms with Gasteiger partial charge >= 0.3 is 0 Å². The summed E-state index contributed by atoms with van der Waals surface area (Å²) in [7, 11) is 1.58. The van der Waals surface area contributed by atoms with Crippen LogP contribution in [0.5, 0.6) is 5.75 Å². The summed E-state index contributed by atoms with van der Waals surface area (Å²) in [4.78, 5) is 13.8. The van der Waals surface area contributed by atoms with Crippen LogP contribution >= 0.6 is 0 Å². The van der Waals surface area contributed by atoms with Crippen LogP contribution in [0.15, 0.2) is 24.3 Å². The van der Waals surface area contributed by atoms with E-state index in [0.29, 0.717) is 18.9 Å². The van der Waals surface area contributed by atoms with Crippen molar-refractivity contribution in [2.24, 2.45) is 0 Å². The van der Waals surface area contributed by atoms with Gasteiger partial charge in [-0.15, -0.1) is 0 Å². The Kier molecular flexibility index (Phi) is 7.04. The molecule has 1 rings (SSSR count). The van der Waals surface area contributed by atoms with Crippen molar-refractivity contribution in [1.82, 2.24) is 4.90 Å². The minimum absolute atomic E-state index is 0.0767. The standard InChI is InChI=1S/C15H23NO4/c1-12-4-6-14(7-5-12)20-13(2)15(18)16(8-10-17)9-11-19-3/h4-7,13,17H,8-11H2,1-3H3. The third kappa shape index (κ3) is 5.19. The van der Waals surface area contributed by atoms with E-state index >= 15 is 0 Å². The lowest BCUT2D eigenvalue weighted by Gasteiger charge is -2.25. The molecule has 0 saturated heterocycles. The third-order valence-electron chi connectivity index (χ3n) is 2.93. The molecule has 0 aromatic heterocycles. The van der Waals surface area contributed by atoms with E-state index in [1.807, 2.05) is 31.2 Å². The number of rotatable bonds is 8. The number of ether oxygens (including phenoxy) is 2. The lowest BCUT2D eigenvalue weighted by Crippen LogP contribution is -2.43. The van der Waals surface area contributed by atoms with Gasteiger partial charge in [-0.05, 0) is 26.0 Å². The number of benzene rings is 1. The maximum absolute atomic E-state index is 12.2. The highest BCUT2D eigenvalue weighted by atomic mass is 16.5. The van der Waals surface area contributed by atoms with Gasteiger partial charge in [-0.25, -0.2) is 0 Å². The molecule has 20 heavy (non-hydrogen) atoms. The third-order valence-corrected chi connectivity index (χ3v) is 2.93. The molecular weight excluding hydrogens is 258 g/mol. The van der Waals surface area contributed by atoms with Gasteiger partial charge in [0, 0.05) is 20.2 Å². The largest absolute Gasteiger partial charge is 0.481 e. The number of amides is 1. The zero-order valence-electron chi connectivity index (χ0n) is 12.3. The molecule has 5 heteroatoms. The second-order valence-electron chi connectivity index (χ2n) is 4.61. The predicted molar refractivity (Wildman–Crippen MR) is 76.8 cm³/mol. The number of nitrogens with zero attached hydrogens (tertiary/aromatic N) is 1. The van der Waals surface area contributed by atoms with E-state index in [4.69, 9.17) is 14.6 Å². The zero-order valence-corrected chi connectivity index (χ0v) is 12.3. The Morgan fingerprint density at radius 1 is 1.30 bits per heavy atom. The smallest absolute Gasteiger partial charge is 0.263 e. The van der Waals surface area contributed by atoms with Crippen molar-refractivity contribution in [2.75, 3.05) is 33.4 Å². The molecule has 0 aliphatic rings. The van der Waals surface area contributed by atoms with E-state index in [9.17, 15) is 4.79 Å². The van der Waals surface area contributed by atoms with Gasteiger partial charge in [-0.1, -0.05) is 17.7 Å². The summed E-state index contributed by atoms with van der Waals surface area (Å²) in [6, 6.07) is 7.54. The first-order chi connectivity index (χ1) is 9.58. The van der Waals surface area contributed by atoms with Crippen molar-refractivity contribution >= 4 is 5.91 Å². The molecule has 0 aliphatic carbocycles. The second-order valence-corrected chi connectivity index (χ2v) is 4.61. The van der Waals surface area contributed by atoms with Gasteiger partial charge in [0.15, 0.2) is 6.10 Å². The Morgan fingerprint density at radius 2 is 1.95 bits per heavy atom. The first-order valence-electron chi connectivity index (χ1n) is 6.70. The van der Waals surface area contributed by atoms with Gasteiger partial charge in [-0.3, -0.25) is 4.79 Å². The summed E-state index contributed by atoms with van der Waals surface area (Å²) >= 11 is 0. The van der Waals surface area contributed by atoms with Crippen molar-refractivity contribution in [1.29, 1.82) is 0 Å². The van der Waals surface area contributed by atoms with Crippen LogP contribution in [0.1, 0.15) is 12.5 Å². The molecule has 1 N–H and O–H groups in total. The Balaban J connectivity index is 2.60. The van der Waals surface area contributed by atoms with E-state index in [1.54, 1.807) is 18.9 Å². The highest BCUT2D eigenvalue weighted by Crippen LogP contribution is 2.14. The van der Waals surface area contributed by atoms with Crippen molar-refractivity contribution in [3.8, 4) is 5.75 Å². The van der Waals surface area contributed by atoms with E-state index < -0.39 is 6.10 Å².